The number of likely N-dealkylation sites (tertiary alicyclic amines) is 2. The van der Waals surface area contributed by atoms with Gasteiger partial charge in [0.05, 0.1) is 5.92 Å². The highest BCUT2D eigenvalue weighted by Crippen LogP contribution is 2.57. The average molecular weight is 463 g/mol. The van der Waals surface area contributed by atoms with Gasteiger partial charge in [0, 0.05) is 35.6 Å². The SMILES string of the molecule is CC(C)[C@H]1[C@H]2[C@@H](C(=O)N1Cc1ccc3c(c1)OCO3)[C@@H](c1ccc(C(=N)N)cc1)N(C)C2(C)C. The first kappa shape index (κ1) is 22.7. The summed E-state index contributed by atoms with van der Waals surface area (Å²) in [5, 5.41) is 7.71. The second kappa shape index (κ2) is 8.01. The fraction of sp³-hybridized carbons (Fsp3) is 0.481. The summed E-state index contributed by atoms with van der Waals surface area (Å²) < 4.78 is 11.0. The van der Waals surface area contributed by atoms with Gasteiger partial charge in [-0.1, -0.05) is 44.2 Å². The number of hydrogen-bond donors (Lipinski definition) is 2. The van der Waals surface area contributed by atoms with Crippen LogP contribution in [0.2, 0.25) is 0 Å². The van der Waals surface area contributed by atoms with Crippen LogP contribution in [0.4, 0.5) is 0 Å². The lowest BCUT2D eigenvalue weighted by atomic mass is 9.75. The number of nitrogens with two attached hydrogens (primary N) is 1. The van der Waals surface area contributed by atoms with Gasteiger partial charge in [-0.25, -0.2) is 0 Å². The molecule has 2 aromatic rings. The van der Waals surface area contributed by atoms with E-state index in [4.69, 9.17) is 20.6 Å². The first-order valence-corrected chi connectivity index (χ1v) is 12.0. The second-order valence-corrected chi connectivity index (χ2v) is 10.7. The third-order valence-electron chi connectivity index (χ3n) is 8.20. The number of nitrogens with one attached hydrogen (secondary N) is 1. The maximum Gasteiger partial charge on any atom is 0.231 e. The Morgan fingerprint density at radius 3 is 2.47 bits per heavy atom. The molecule has 7 nitrogen and oxygen atoms in total. The van der Waals surface area contributed by atoms with E-state index in [0.717, 1.165) is 22.6 Å². The van der Waals surface area contributed by atoms with Gasteiger partial charge in [-0.15, -0.1) is 0 Å². The number of nitrogens with zero attached hydrogens (tertiary/aromatic N) is 2. The van der Waals surface area contributed by atoms with E-state index < -0.39 is 0 Å². The number of carbonyl (C=O) groups is 1. The molecule has 3 aliphatic rings. The number of nitrogen functional groups attached to an aromatic ring is 1. The predicted octanol–water partition coefficient (Wildman–Crippen LogP) is 3.76. The number of hydrogen-bond acceptors (Lipinski definition) is 5. The van der Waals surface area contributed by atoms with E-state index in [9.17, 15) is 4.79 Å². The number of carbonyl (C=O) groups excluding carboxylic acids is 1. The summed E-state index contributed by atoms with van der Waals surface area (Å²) in [7, 11) is 2.13. The van der Waals surface area contributed by atoms with Crippen molar-refractivity contribution in [1.29, 1.82) is 5.41 Å². The molecular formula is C27H34N4O3. The molecule has 0 radical (unpaired) electrons. The molecule has 0 unspecified atom stereocenters. The standard InChI is InChI=1S/C27H34N4O3/c1-15(2)23-22-21(26(32)31(23)13-16-6-11-19-20(12-16)34-14-33-19)24(30(5)27(22,3)4)17-7-9-18(10-8-17)25(28)29/h6-12,15,21-24H,13-14H2,1-5H3,(H3,28,29)/t21-,22-,23+,24-/m1/s1. The number of amides is 1. The maximum atomic E-state index is 14.1. The third-order valence-corrected chi connectivity index (χ3v) is 8.20. The summed E-state index contributed by atoms with van der Waals surface area (Å²) in [6.07, 6.45) is 0. The number of benzene rings is 2. The predicted molar refractivity (Wildman–Crippen MR) is 131 cm³/mol. The van der Waals surface area contributed by atoms with E-state index in [1.807, 2.05) is 42.5 Å². The molecule has 0 aromatic heterocycles. The van der Waals surface area contributed by atoms with E-state index in [1.165, 1.54) is 0 Å². The molecule has 7 heteroatoms. The van der Waals surface area contributed by atoms with Crippen LogP contribution < -0.4 is 15.2 Å². The summed E-state index contributed by atoms with van der Waals surface area (Å²) in [5.41, 5.74) is 8.34. The Morgan fingerprint density at radius 2 is 1.82 bits per heavy atom. The van der Waals surface area contributed by atoms with E-state index in [-0.39, 0.29) is 48.0 Å². The lowest BCUT2D eigenvalue weighted by Gasteiger charge is -2.41. The van der Waals surface area contributed by atoms with Crippen LogP contribution in [-0.2, 0) is 11.3 Å². The van der Waals surface area contributed by atoms with Gasteiger partial charge in [0.15, 0.2) is 11.5 Å². The number of fused-ring (bicyclic) bond motifs is 2. The molecule has 1 amide bonds. The highest BCUT2D eigenvalue weighted by atomic mass is 16.7. The van der Waals surface area contributed by atoms with Gasteiger partial charge in [0.2, 0.25) is 12.7 Å². The maximum absolute atomic E-state index is 14.1. The second-order valence-electron chi connectivity index (χ2n) is 10.7. The van der Waals surface area contributed by atoms with E-state index in [1.54, 1.807) is 0 Å². The molecule has 0 spiro atoms. The van der Waals surface area contributed by atoms with Crippen LogP contribution in [0, 0.1) is 23.2 Å². The van der Waals surface area contributed by atoms with Crippen LogP contribution in [0.25, 0.3) is 0 Å². The quantitative estimate of drug-likeness (QED) is 0.521. The Hall–Kier alpha value is -3.06. The van der Waals surface area contributed by atoms with E-state index in [0.29, 0.717) is 18.0 Å². The van der Waals surface area contributed by atoms with Crippen LogP contribution in [-0.4, -0.2) is 47.0 Å². The van der Waals surface area contributed by atoms with Crippen molar-refractivity contribution in [2.75, 3.05) is 13.8 Å². The monoisotopic (exact) mass is 462 g/mol. The van der Waals surface area contributed by atoms with Crippen molar-refractivity contribution in [3.63, 3.8) is 0 Å². The molecular weight excluding hydrogens is 428 g/mol. The summed E-state index contributed by atoms with van der Waals surface area (Å²) >= 11 is 0. The van der Waals surface area contributed by atoms with Crippen LogP contribution in [0.15, 0.2) is 42.5 Å². The van der Waals surface area contributed by atoms with Crippen molar-refractivity contribution in [2.45, 2.75) is 51.9 Å². The van der Waals surface area contributed by atoms with Crippen LogP contribution >= 0.6 is 0 Å². The molecule has 2 aromatic carbocycles. The lowest BCUT2D eigenvalue weighted by molar-refractivity contribution is -0.134. The largest absolute Gasteiger partial charge is 0.454 e. The van der Waals surface area contributed by atoms with Crippen molar-refractivity contribution >= 4 is 11.7 Å². The normalized spacial score (nSPS) is 27.5. The van der Waals surface area contributed by atoms with Gasteiger partial charge >= 0.3 is 0 Å². The van der Waals surface area contributed by atoms with E-state index in [2.05, 4.69) is 44.5 Å². The van der Waals surface area contributed by atoms with Gasteiger partial charge in [-0.3, -0.25) is 15.1 Å². The summed E-state index contributed by atoms with van der Waals surface area (Å²) in [5.74, 6) is 2.13. The van der Waals surface area contributed by atoms with Crippen molar-refractivity contribution in [2.24, 2.45) is 23.5 Å². The molecule has 2 fully saturated rings. The number of amidine groups is 1. The van der Waals surface area contributed by atoms with Crippen LogP contribution in [0.1, 0.15) is 50.4 Å². The lowest BCUT2D eigenvalue weighted by Crippen LogP contribution is -2.50. The molecule has 3 heterocycles. The molecule has 180 valence electrons. The molecule has 3 N–H and O–H groups in total. The minimum Gasteiger partial charge on any atom is -0.454 e. The van der Waals surface area contributed by atoms with Crippen molar-refractivity contribution in [3.05, 3.63) is 59.2 Å². The number of rotatable bonds is 5. The summed E-state index contributed by atoms with van der Waals surface area (Å²) in [6.45, 7) is 9.77. The minimum absolute atomic E-state index is 0.0310. The topological polar surface area (TPSA) is 91.9 Å². The molecule has 4 atom stereocenters. The Labute approximate surface area is 201 Å². The smallest absolute Gasteiger partial charge is 0.231 e. The Morgan fingerprint density at radius 1 is 1.15 bits per heavy atom. The first-order chi connectivity index (χ1) is 16.1. The van der Waals surface area contributed by atoms with Crippen LogP contribution in [0.3, 0.4) is 0 Å². The minimum atomic E-state index is -0.164. The van der Waals surface area contributed by atoms with Gasteiger partial charge < -0.3 is 20.1 Å². The molecule has 0 saturated carbocycles. The van der Waals surface area contributed by atoms with Crippen molar-refractivity contribution in [1.82, 2.24) is 9.80 Å². The number of ether oxygens (including phenoxy) is 2. The van der Waals surface area contributed by atoms with E-state index >= 15 is 0 Å². The Balaban J connectivity index is 1.52. The molecule has 2 saturated heterocycles. The highest BCUT2D eigenvalue weighted by Gasteiger charge is 2.64. The van der Waals surface area contributed by atoms with Gasteiger partial charge in [-0.2, -0.15) is 0 Å². The Bertz CT molecular complexity index is 1130. The van der Waals surface area contributed by atoms with Gasteiger partial charge in [0.1, 0.15) is 5.84 Å². The molecule has 0 bridgehead atoms. The first-order valence-electron chi connectivity index (χ1n) is 12.0. The fourth-order valence-corrected chi connectivity index (χ4v) is 6.41. The van der Waals surface area contributed by atoms with Crippen LogP contribution in [0.5, 0.6) is 11.5 Å². The average Bonchev–Trinajstić information content (AvgIpc) is 3.42. The van der Waals surface area contributed by atoms with Crippen molar-refractivity contribution in [3.8, 4) is 11.5 Å². The Kier molecular flexibility index (Phi) is 5.35. The van der Waals surface area contributed by atoms with Gasteiger partial charge in [-0.05, 0) is 50.1 Å². The summed E-state index contributed by atoms with van der Waals surface area (Å²) in [6, 6.07) is 13.9. The zero-order valence-corrected chi connectivity index (χ0v) is 20.5. The van der Waals surface area contributed by atoms with Gasteiger partial charge in [0.25, 0.3) is 0 Å². The fourth-order valence-electron chi connectivity index (χ4n) is 6.41. The zero-order chi connectivity index (χ0) is 24.4. The molecule has 34 heavy (non-hydrogen) atoms. The molecule has 5 rings (SSSR count). The summed E-state index contributed by atoms with van der Waals surface area (Å²) in [4.78, 5) is 18.6. The molecule has 0 aliphatic carbocycles. The highest BCUT2D eigenvalue weighted by molar-refractivity contribution is 5.95. The molecule has 3 aliphatic heterocycles. The van der Waals surface area contributed by atoms with Crippen molar-refractivity contribution < 1.29 is 14.3 Å². The third kappa shape index (κ3) is 3.36. The zero-order valence-electron chi connectivity index (χ0n) is 20.5.